The van der Waals surface area contributed by atoms with Crippen molar-refractivity contribution in [2.24, 2.45) is 0 Å². The van der Waals surface area contributed by atoms with Crippen LogP contribution < -0.4 is 14.2 Å². The summed E-state index contributed by atoms with van der Waals surface area (Å²) in [7, 11) is 4.35. The van der Waals surface area contributed by atoms with Crippen molar-refractivity contribution in [3.05, 3.63) is 52.5 Å². The number of rotatable bonds is 5. The first-order valence-electron chi connectivity index (χ1n) is 8.65. The lowest BCUT2D eigenvalue weighted by Crippen LogP contribution is -2.08. The third-order valence-electron chi connectivity index (χ3n) is 4.40. The van der Waals surface area contributed by atoms with Gasteiger partial charge >= 0.3 is 11.9 Å². The van der Waals surface area contributed by atoms with Crippen LogP contribution in [0.5, 0.6) is 17.2 Å². The van der Waals surface area contributed by atoms with E-state index >= 15 is 0 Å². The van der Waals surface area contributed by atoms with Gasteiger partial charge in [-0.2, -0.15) is 0 Å². The van der Waals surface area contributed by atoms with Gasteiger partial charge in [0.1, 0.15) is 5.75 Å². The number of hydrogen-bond donors (Lipinski definition) is 0. The molecule has 6 nitrogen and oxygen atoms in total. The predicted molar refractivity (Wildman–Crippen MR) is 113 cm³/mol. The summed E-state index contributed by atoms with van der Waals surface area (Å²) in [5.41, 5.74) is 1.70. The molecule has 0 heterocycles. The molecule has 0 aliphatic carbocycles. The highest BCUT2D eigenvalue weighted by Gasteiger charge is 2.23. The van der Waals surface area contributed by atoms with E-state index in [2.05, 4.69) is 15.9 Å². The highest BCUT2D eigenvalue weighted by atomic mass is 79.9. The molecule has 0 radical (unpaired) electrons. The number of carbonyl (C=O) groups is 2. The molecule has 0 saturated carbocycles. The Labute approximate surface area is 176 Å². The van der Waals surface area contributed by atoms with Gasteiger partial charge in [0, 0.05) is 22.3 Å². The van der Waals surface area contributed by atoms with Gasteiger partial charge in [-0.05, 0) is 41.3 Å². The first-order chi connectivity index (χ1) is 13.9. The van der Waals surface area contributed by atoms with E-state index in [0.717, 1.165) is 10.0 Å². The molecule has 3 aromatic carbocycles. The molecule has 0 saturated heterocycles. The molecule has 0 unspecified atom stereocenters. The van der Waals surface area contributed by atoms with Gasteiger partial charge in [-0.3, -0.25) is 4.79 Å². The third-order valence-corrected chi connectivity index (χ3v) is 4.92. The van der Waals surface area contributed by atoms with Crippen LogP contribution in [-0.2, 0) is 9.53 Å². The summed E-state index contributed by atoms with van der Waals surface area (Å²) in [5.74, 6) is 0.131. The molecule has 150 valence electrons. The SMILES string of the molecule is COC(=O)c1cc(OC(C)=O)c2cc(OC)c(OC)cc2c1-c1ccc(Br)cc1. The molecule has 0 amide bonds. The zero-order valence-electron chi connectivity index (χ0n) is 16.4. The van der Waals surface area contributed by atoms with Gasteiger partial charge in [-0.25, -0.2) is 4.79 Å². The van der Waals surface area contributed by atoms with Crippen LogP contribution in [0.4, 0.5) is 0 Å². The third kappa shape index (κ3) is 4.05. The number of methoxy groups -OCH3 is 3. The van der Waals surface area contributed by atoms with Crippen molar-refractivity contribution in [2.45, 2.75) is 6.92 Å². The van der Waals surface area contributed by atoms with E-state index in [4.69, 9.17) is 18.9 Å². The molecule has 0 aliphatic rings. The standard InChI is InChI=1S/C22H19BrO6/c1-12(24)29-18-11-17(22(25)28-4)21(13-5-7-14(23)8-6-13)16-10-20(27-3)19(26-2)9-15(16)18/h5-11H,1-4H3. The molecule has 3 aromatic rings. The van der Waals surface area contributed by atoms with Crippen LogP contribution in [0, 0.1) is 0 Å². The molecular weight excluding hydrogens is 440 g/mol. The van der Waals surface area contributed by atoms with Crippen LogP contribution in [0.2, 0.25) is 0 Å². The lowest BCUT2D eigenvalue weighted by atomic mass is 9.92. The van der Waals surface area contributed by atoms with Crippen LogP contribution >= 0.6 is 15.9 Å². The molecule has 0 fully saturated rings. The Morgan fingerprint density at radius 2 is 1.41 bits per heavy atom. The second-order valence-electron chi connectivity index (χ2n) is 6.14. The number of carbonyl (C=O) groups excluding carboxylic acids is 2. The maximum Gasteiger partial charge on any atom is 0.338 e. The number of halogens is 1. The van der Waals surface area contributed by atoms with Gasteiger partial charge in [0.05, 0.1) is 26.9 Å². The molecule has 0 aliphatic heterocycles. The number of esters is 2. The molecule has 0 bridgehead atoms. The molecular formula is C22H19BrO6. The Morgan fingerprint density at radius 1 is 0.828 bits per heavy atom. The lowest BCUT2D eigenvalue weighted by Gasteiger charge is -2.18. The Balaban J connectivity index is 2.48. The van der Waals surface area contributed by atoms with Crippen LogP contribution in [0.3, 0.4) is 0 Å². The van der Waals surface area contributed by atoms with E-state index in [1.165, 1.54) is 34.3 Å². The summed E-state index contributed by atoms with van der Waals surface area (Å²) in [6, 6.07) is 12.5. The number of fused-ring (bicyclic) bond motifs is 1. The molecule has 0 N–H and O–H groups in total. The fourth-order valence-corrected chi connectivity index (χ4v) is 3.42. The van der Waals surface area contributed by atoms with Crippen molar-refractivity contribution in [2.75, 3.05) is 21.3 Å². The van der Waals surface area contributed by atoms with Crippen LogP contribution in [-0.4, -0.2) is 33.3 Å². The van der Waals surface area contributed by atoms with E-state index < -0.39 is 11.9 Å². The van der Waals surface area contributed by atoms with Crippen LogP contribution in [0.25, 0.3) is 21.9 Å². The fraction of sp³-hybridized carbons (Fsp3) is 0.182. The first kappa shape index (κ1) is 20.7. The number of benzene rings is 3. The van der Waals surface area contributed by atoms with E-state index in [0.29, 0.717) is 27.8 Å². The van der Waals surface area contributed by atoms with Gasteiger partial charge in [-0.15, -0.1) is 0 Å². The van der Waals surface area contributed by atoms with Crippen molar-refractivity contribution in [1.29, 1.82) is 0 Å². The monoisotopic (exact) mass is 458 g/mol. The second kappa shape index (κ2) is 8.53. The van der Waals surface area contributed by atoms with Crippen LogP contribution in [0.15, 0.2) is 46.9 Å². The maximum atomic E-state index is 12.6. The summed E-state index contributed by atoms with van der Waals surface area (Å²) in [6.07, 6.45) is 0. The molecule has 0 spiro atoms. The van der Waals surface area contributed by atoms with Crippen molar-refractivity contribution in [3.63, 3.8) is 0 Å². The largest absolute Gasteiger partial charge is 0.493 e. The average molecular weight is 459 g/mol. The Bertz CT molecular complexity index is 1090. The van der Waals surface area contributed by atoms with E-state index in [1.807, 2.05) is 24.3 Å². The zero-order valence-corrected chi connectivity index (χ0v) is 18.0. The smallest absolute Gasteiger partial charge is 0.338 e. The summed E-state index contributed by atoms with van der Waals surface area (Å²) in [4.78, 5) is 24.3. The number of hydrogen-bond acceptors (Lipinski definition) is 6. The minimum absolute atomic E-state index is 0.231. The Kier molecular flexibility index (Phi) is 6.08. The number of ether oxygens (including phenoxy) is 4. The average Bonchev–Trinajstić information content (AvgIpc) is 2.72. The summed E-state index contributed by atoms with van der Waals surface area (Å²) >= 11 is 3.42. The van der Waals surface area contributed by atoms with Crippen molar-refractivity contribution >= 4 is 38.6 Å². The first-order valence-corrected chi connectivity index (χ1v) is 9.44. The summed E-state index contributed by atoms with van der Waals surface area (Å²) in [6.45, 7) is 1.30. The summed E-state index contributed by atoms with van der Waals surface area (Å²) in [5, 5.41) is 1.26. The van der Waals surface area contributed by atoms with E-state index in [1.54, 1.807) is 12.1 Å². The predicted octanol–water partition coefficient (Wildman–Crippen LogP) is 5.00. The minimum atomic E-state index is -0.548. The molecule has 0 aromatic heterocycles. The highest BCUT2D eigenvalue weighted by Crippen LogP contribution is 2.43. The normalized spacial score (nSPS) is 10.5. The molecule has 0 atom stereocenters. The van der Waals surface area contributed by atoms with Crippen molar-refractivity contribution < 1.29 is 28.5 Å². The van der Waals surface area contributed by atoms with E-state index in [9.17, 15) is 9.59 Å². The fourth-order valence-electron chi connectivity index (χ4n) is 3.15. The van der Waals surface area contributed by atoms with Crippen molar-refractivity contribution in [3.8, 4) is 28.4 Å². The molecule has 3 rings (SSSR count). The quantitative estimate of drug-likeness (QED) is 0.395. The topological polar surface area (TPSA) is 71.1 Å². The van der Waals surface area contributed by atoms with Crippen LogP contribution in [0.1, 0.15) is 17.3 Å². The van der Waals surface area contributed by atoms with Gasteiger partial charge in [0.25, 0.3) is 0 Å². The summed E-state index contributed by atoms with van der Waals surface area (Å²) < 4.78 is 22.1. The highest BCUT2D eigenvalue weighted by molar-refractivity contribution is 9.10. The van der Waals surface area contributed by atoms with Gasteiger partial charge < -0.3 is 18.9 Å². The van der Waals surface area contributed by atoms with Gasteiger partial charge in [0.15, 0.2) is 11.5 Å². The Morgan fingerprint density at radius 3 is 1.93 bits per heavy atom. The minimum Gasteiger partial charge on any atom is -0.493 e. The molecule has 29 heavy (non-hydrogen) atoms. The Hall–Kier alpha value is -3.06. The lowest BCUT2D eigenvalue weighted by molar-refractivity contribution is -0.131. The molecule has 7 heteroatoms. The van der Waals surface area contributed by atoms with Gasteiger partial charge in [0.2, 0.25) is 0 Å². The van der Waals surface area contributed by atoms with Gasteiger partial charge in [-0.1, -0.05) is 28.1 Å². The maximum absolute atomic E-state index is 12.6. The van der Waals surface area contributed by atoms with E-state index in [-0.39, 0.29) is 11.3 Å². The second-order valence-corrected chi connectivity index (χ2v) is 7.06. The zero-order chi connectivity index (χ0) is 21.1. The van der Waals surface area contributed by atoms with Crippen molar-refractivity contribution in [1.82, 2.24) is 0 Å².